The van der Waals surface area contributed by atoms with E-state index in [9.17, 15) is 17.6 Å². The van der Waals surface area contributed by atoms with Gasteiger partial charge in [0, 0.05) is 5.02 Å². The van der Waals surface area contributed by atoms with E-state index in [2.05, 4.69) is 0 Å². The van der Waals surface area contributed by atoms with Crippen molar-refractivity contribution in [2.75, 3.05) is 17.5 Å². The molecule has 0 unspecified atom stereocenters. The molecule has 0 saturated carbocycles. The smallest absolute Gasteiger partial charge is 0.326 e. The molecule has 0 aliphatic heterocycles. The zero-order chi connectivity index (χ0) is 17.7. The van der Waals surface area contributed by atoms with E-state index in [0.717, 1.165) is 16.4 Å². The molecule has 128 valence electrons. The van der Waals surface area contributed by atoms with Gasteiger partial charge >= 0.3 is 5.97 Å². The third kappa shape index (κ3) is 4.24. The van der Waals surface area contributed by atoms with E-state index in [-0.39, 0.29) is 17.2 Å². The second-order valence-corrected chi connectivity index (χ2v) is 7.05. The number of carbonyl (C=O) groups is 1. The number of carbonyl (C=O) groups excluding carboxylic acids is 1. The van der Waals surface area contributed by atoms with Gasteiger partial charge in [-0.25, -0.2) is 12.8 Å². The molecule has 0 N–H and O–H groups in total. The quantitative estimate of drug-likeness (QED) is 0.731. The average molecular weight is 372 g/mol. The first-order chi connectivity index (χ1) is 11.3. The molecule has 0 amide bonds. The summed E-state index contributed by atoms with van der Waals surface area (Å²) >= 11 is 5.78. The topological polar surface area (TPSA) is 63.7 Å². The van der Waals surface area contributed by atoms with Crippen LogP contribution in [-0.4, -0.2) is 27.5 Å². The minimum atomic E-state index is -4.05. The van der Waals surface area contributed by atoms with E-state index < -0.39 is 28.4 Å². The average Bonchev–Trinajstić information content (AvgIpc) is 2.54. The summed E-state index contributed by atoms with van der Waals surface area (Å²) in [5, 5.41) is 0.382. The Morgan fingerprint density at radius 3 is 2.25 bits per heavy atom. The number of nitrogens with zero attached hydrogens (tertiary/aromatic N) is 1. The van der Waals surface area contributed by atoms with E-state index in [0.29, 0.717) is 5.02 Å². The first-order valence-corrected chi connectivity index (χ1v) is 8.86. The SMILES string of the molecule is CCOC(=O)CN(c1ccc(F)cc1)S(=O)(=O)c1ccc(Cl)cc1. The number of ether oxygens (including phenoxy) is 1. The lowest BCUT2D eigenvalue weighted by atomic mass is 10.3. The molecule has 0 spiro atoms. The van der Waals surface area contributed by atoms with Gasteiger partial charge in [0.25, 0.3) is 10.0 Å². The molecule has 2 aromatic rings. The highest BCUT2D eigenvalue weighted by atomic mass is 35.5. The zero-order valence-corrected chi connectivity index (χ0v) is 14.3. The van der Waals surface area contributed by atoms with Crippen LogP contribution in [0, 0.1) is 5.82 Å². The van der Waals surface area contributed by atoms with E-state index >= 15 is 0 Å². The fraction of sp³-hybridized carbons (Fsp3) is 0.188. The number of esters is 1. The summed E-state index contributed by atoms with van der Waals surface area (Å²) < 4.78 is 44.5. The van der Waals surface area contributed by atoms with Crippen LogP contribution in [0.4, 0.5) is 10.1 Å². The fourth-order valence-electron chi connectivity index (χ4n) is 1.98. The van der Waals surface area contributed by atoms with Crippen LogP contribution in [-0.2, 0) is 19.6 Å². The van der Waals surface area contributed by atoms with Crippen molar-refractivity contribution in [1.29, 1.82) is 0 Å². The van der Waals surface area contributed by atoms with Gasteiger partial charge in [-0.05, 0) is 55.5 Å². The monoisotopic (exact) mass is 371 g/mol. The number of benzene rings is 2. The molecule has 5 nitrogen and oxygen atoms in total. The minimum Gasteiger partial charge on any atom is -0.465 e. The Balaban J connectivity index is 2.45. The van der Waals surface area contributed by atoms with E-state index in [1.54, 1.807) is 6.92 Å². The molecule has 0 aliphatic rings. The highest BCUT2D eigenvalue weighted by Gasteiger charge is 2.27. The van der Waals surface area contributed by atoms with Crippen molar-refractivity contribution in [1.82, 2.24) is 0 Å². The molecule has 24 heavy (non-hydrogen) atoms. The van der Waals surface area contributed by atoms with Crippen molar-refractivity contribution in [3.63, 3.8) is 0 Å². The number of halogens is 2. The van der Waals surface area contributed by atoms with Crippen LogP contribution in [0.3, 0.4) is 0 Å². The summed E-state index contributed by atoms with van der Waals surface area (Å²) in [6, 6.07) is 10.3. The molecular weight excluding hydrogens is 357 g/mol. The first kappa shape index (κ1) is 18.2. The van der Waals surface area contributed by atoms with Crippen molar-refractivity contribution in [3.05, 3.63) is 59.4 Å². The highest BCUT2D eigenvalue weighted by Crippen LogP contribution is 2.25. The minimum absolute atomic E-state index is 0.0412. The molecule has 0 aliphatic carbocycles. The van der Waals surface area contributed by atoms with Gasteiger partial charge in [0.2, 0.25) is 0 Å². The molecular formula is C16H15ClFNO4S. The largest absolute Gasteiger partial charge is 0.465 e. The molecule has 0 fully saturated rings. The standard InChI is InChI=1S/C16H15ClFNO4S/c1-2-23-16(20)11-19(14-7-5-13(18)6-8-14)24(21,22)15-9-3-12(17)4-10-15/h3-10H,2,11H2,1H3. The van der Waals surface area contributed by atoms with E-state index in [4.69, 9.17) is 16.3 Å². The Bertz CT molecular complexity index is 807. The Kier molecular flexibility index (Phi) is 5.80. The van der Waals surface area contributed by atoms with Gasteiger partial charge in [-0.2, -0.15) is 0 Å². The Morgan fingerprint density at radius 2 is 1.71 bits per heavy atom. The molecule has 0 atom stereocenters. The number of hydrogen-bond donors (Lipinski definition) is 0. The third-order valence-corrected chi connectivity index (χ3v) is 5.13. The molecule has 0 saturated heterocycles. The number of sulfonamides is 1. The van der Waals surface area contributed by atoms with Gasteiger partial charge in [0.05, 0.1) is 17.2 Å². The van der Waals surface area contributed by atoms with Crippen molar-refractivity contribution >= 4 is 33.3 Å². The van der Waals surface area contributed by atoms with Gasteiger partial charge in [0.1, 0.15) is 12.4 Å². The van der Waals surface area contributed by atoms with Crippen LogP contribution in [0.25, 0.3) is 0 Å². The summed E-state index contributed by atoms with van der Waals surface area (Å²) in [4.78, 5) is 11.8. The molecule has 0 aromatic heterocycles. The van der Waals surface area contributed by atoms with Gasteiger partial charge in [-0.15, -0.1) is 0 Å². The van der Waals surface area contributed by atoms with Crippen LogP contribution in [0.2, 0.25) is 5.02 Å². The predicted molar refractivity (Wildman–Crippen MR) is 89.0 cm³/mol. The highest BCUT2D eigenvalue weighted by molar-refractivity contribution is 7.92. The number of anilines is 1. The van der Waals surface area contributed by atoms with Crippen LogP contribution in [0.1, 0.15) is 6.92 Å². The molecule has 2 rings (SSSR count). The molecule has 0 radical (unpaired) electrons. The zero-order valence-electron chi connectivity index (χ0n) is 12.8. The fourth-order valence-corrected chi connectivity index (χ4v) is 3.52. The Morgan fingerprint density at radius 1 is 1.12 bits per heavy atom. The van der Waals surface area contributed by atoms with E-state index in [1.165, 1.54) is 36.4 Å². The van der Waals surface area contributed by atoms with Crippen molar-refractivity contribution in [3.8, 4) is 0 Å². The maximum atomic E-state index is 13.1. The number of hydrogen-bond acceptors (Lipinski definition) is 4. The van der Waals surface area contributed by atoms with Crippen molar-refractivity contribution < 1.29 is 22.3 Å². The lowest BCUT2D eigenvalue weighted by Crippen LogP contribution is -2.36. The van der Waals surface area contributed by atoms with Gasteiger partial charge in [-0.3, -0.25) is 9.10 Å². The van der Waals surface area contributed by atoms with Gasteiger partial charge in [-0.1, -0.05) is 11.6 Å². The lowest BCUT2D eigenvalue weighted by Gasteiger charge is -2.23. The van der Waals surface area contributed by atoms with Gasteiger partial charge in [0.15, 0.2) is 0 Å². The third-order valence-electron chi connectivity index (χ3n) is 3.09. The second-order valence-electron chi connectivity index (χ2n) is 4.75. The normalized spacial score (nSPS) is 11.1. The van der Waals surface area contributed by atoms with E-state index in [1.807, 2.05) is 0 Å². The summed E-state index contributed by atoms with van der Waals surface area (Å²) in [6.45, 7) is 1.22. The maximum Gasteiger partial charge on any atom is 0.326 e. The van der Waals surface area contributed by atoms with Crippen LogP contribution >= 0.6 is 11.6 Å². The van der Waals surface area contributed by atoms with Crippen LogP contribution in [0.15, 0.2) is 53.4 Å². The Hall–Kier alpha value is -2.12. The summed E-state index contributed by atoms with van der Waals surface area (Å²) in [7, 11) is -4.05. The van der Waals surface area contributed by atoms with Crippen molar-refractivity contribution in [2.45, 2.75) is 11.8 Å². The predicted octanol–water partition coefficient (Wildman–Crippen LogP) is 3.24. The molecule has 2 aromatic carbocycles. The molecule has 0 heterocycles. The van der Waals surface area contributed by atoms with Gasteiger partial charge < -0.3 is 4.74 Å². The summed E-state index contributed by atoms with van der Waals surface area (Å²) in [5.41, 5.74) is 0.152. The van der Waals surface area contributed by atoms with Crippen LogP contribution in [0.5, 0.6) is 0 Å². The lowest BCUT2D eigenvalue weighted by molar-refractivity contribution is -0.141. The first-order valence-electron chi connectivity index (χ1n) is 7.04. The molecule has 8 heteroatoms. The number of rotatable bonds is 6. The molecule has 0 bridgehead atoms. The maximum absolute atomic E-state index is 13.1. The summed E-state index contributed by atoms with van der Waals surface area (Å²) in [5.74, 6) is -1.22. The van der Waals surface area contributed by atoms with Crippen molar-refractivity contribution in [2.24, 2.45) is 0 Å². The Labute approximate surface area is 144 Å². The second kappa shape index (κ2) is 7.63. The summed E-state index contributed by atoms with van der Waals surface area (Å²) in [6.07, 6.45) is 0. The van der Waals surface area contributed by atoms with Crippen LogP contribution < -0.4 is 4.31 Å².